The molecule has 1 heterocycles. The van der Waals surface area contributed by atoms with Crippen LogP contribution in [0, 0.1) is 5.92 Å². The van der Waals surface area contributed by atoms with Gasteiger partial charge in [-0.15, -0.1) is 0 Å². The number of carbonyl (C=O) groups excluding carboxylic acids is 1. The van der Waals surface area contributed by atoms with E-state index in [2.05, 4.69) is 5.32 Å². The van der Waals surface area contributed by atoms with E-state index in [0.717, 1.165) is 47.0 Å². The molecule has 0 aliphatic heterocycles. The number of aliphatic carboxylic acids is 1. The van der Waals surface area contributed by atoms with E-state index in [1.54, 1.807) is 12.1 Å². The highest BCUT2D eigenvalue weighted by Crippen LogP contribution is 2.36. The van der Waals surface area contributed by atoms with Crippen molar-refractivity contribution in [2.75, 3.05) is 6.54 Å². The molecule has 0 saturated heterocycles. The Morgan fingerprint density at radius 3 is 2.33 bits per heavy atom. The predicted octanol–water partition coefficient (Wildman–Crippen LogP) is 7.10. The van der Waals surface area contributed by atoms with Gasteiger partial charge in [-0.3, -0.25) is 14.3 Å². The van der Waals surface area contributed by atoms with Gasteiger partial charge in [0.1, 0.15) is 0 Å². The summed E-state index contributed by atoms with van der Waals surface area (Å²) < 4.78 is 40.9. The topological polar surface area (TPSA) is 84.2 Å². The molecule has 0 bridgehead atoms. The van der Waals surface area contributed by atoms with Gasteiger partial charge in [0.05, 0.1) is 23.5 Å². The average molecular weight is 550 g/mol. The number of carboxylic acids is 1. The summed E-state index contributed by atoms with van der Waals surface area (Å²) in [6.45, 7) is 0.0638. The van der Waals surface area contributed by atoms with Crippen molar-refractivity contribution >= 4 is 22.8 Å². The van der Waals surface area contributed by atoms with Crippen molar-refractivity contribution < 1.29 is 27.9 Å². The van der Waals surface area contributed by atoms with Crippen molar-refractivity contribution in [3.63, 3.8) is 0 Å². The number of rotatable bonds is 10. The first kappa shape index (κ1) is 27.4. The highest BCUT2D eigenvalue weighted by Gasteiger charge is 2.30. The lowest BCUT2D eigenvalue weighted by Gasteiger charge is -2.27. The maximum absolute atomic E-state index is 13.0. The van der Waals surface area contributed by atoms with E-state index in [0.29, 0.717) is 17.0 Å². The van der Waals surface area contributed by atoms with E-state index in [1.165, 1.54) is 31.4 Å². The van der Waals surface area contributed by atoms with Crippen LogP contribution in [0.2, 0.25) is 0 Å². The molecule has 3 aromatic carbocycles. The molecular formula is C31H30F3N3O3. The summed E-state index contributed by atoms with van der Waals surface area (Å²) in [6.07, 6.45) is 3.14. The maximum Gasteiger partial charge on any atom is 0.416 e. The van der Waals surface area contributed by atoms with Crippen molar-refractivity contribution in [2.45, 2.75) is 50.7 Å². The number of aromatic nitrogens is 2. The van der Waals surface area contributed by atoms with Gasteiger partial charge in [-0.25, -0.2) is 0 Å². The van der Waals surface area contributed by atoms with Gasteiger partial charge in [-0.1, -0.05) is 49.6 Å². The van der Waals surface area contributed by atoms with Crippen LogP contribution in [0.3, 0.4) is 0 Å². The van der Waals surface area contributed by atoms with Crippen LogP contribution in [0.1, 0.15) is 66.1 Å². The number of benzene rings is 3. The fourth-order valence-electron chi connectivity index (χ4n) is 5.10. The molecule has 0 spiro atoms. The van der Waals surface area contributed by atoms with Crippen molar-refractivity contribution in [1.82, 2.24) is 15.1 Å². The summed E-state index contributed by atoms with van der Waals surface area (Å²) >= 11 is 0. The number of nitrogens with zero attached hydrogens (tertiary/aromatic N) is 2. The molecule has 1 aliphatic rings. The van der Waals surface area contributed by atoms with E-state index in [-0.39, 0.29) is 24.9 Å². The average Bonchev–Trinajstić information content (AvgIpc) is 3.32. The van der Waals surface area contributed by atoms with Crippen LogP contribution >= 0.6 is 0 Å². The van der Waals surface area contributed by atoms with Gasteiger partial charge >= 0.3 is 12.1 Å². The zero-order chi connectivity index (χ0) is 28.3. The molecule has 1 aliphatic carbocycles. The quantitative estimate of drug-likeness (QED) is 0.221. The van der Waals surface area contributed by atoms with E-state index < -0.39 is 17.7 Å². The second-order valence-corrected chi connectivity index (χ2v) is 10.4. The summed E-state index contributed by atoms with van der Waals surface area (Å²) in [6, 6.07) is 18.1. The lowest BCUT2D eigenvalue weighted by molar-refractivity contribution is -0.138. The number of carbonyl (C=O) groups is 2. The molecule has 1 atom stereocenters. The summed E-state index contributed by atoms with van der Waals surface area (Å²) in [7, 11) is 0. The number of amides is 1. The highest BCUT2D eigenvalue weighted by atomic mass is 19.4. The van der Waals surface area contributed by atoms with Crippen molar-refractivity contribution in [2.24, 2.45) is 5.92 Å². The number of fused-ring (bicyclic) bond motifs is 1. The second-order valence-electron chi connectivity index (χ2n) is 10.4. The third-order valence-corrected chi connectivity index (χ3v) is 7.64. The molecule has 1 fully saturated rings. The van der Waals surface area contributed by atoms with E-state index in [4.69, 9.17) is 10.2 Å². The smallest absolute Gasteiger partial charge is 0.416 e. The third-order valence-electron chi connectivity index (χ3n) is 7.64. The molecule has 208 valence electrons. The minimum absolute atomic E-state index is 0.0494. The monoisotopic (exact) mass is 549 g/mol. The lowest BCUT2D eigenvalue weighted by atomic mass is 9.81. The zero-order valence-electron chi connectivity index (χ0n) is 21.8. The van der Waals surface area contributed by atoms with Crippen LogP contribution in [0.5, 0.6) is 0 Å². The Balaban J connectivity index is 1.38. The Morgan fingerprint density at radius 1 is 1.00 bits per heavy atom. The molecule has 6 nitrogen and oxygen atoms in total. The number of halogens is 3. The van der Waals surface area contributed by atoms with Crippen molar-refractivity contribution in [3.8, 4) is 11.1 Å². The summed E-state index contributed by atoms with van der Waals surface area (Å²) in [5.41, 5.74) is 3.09. The van der Waals surface area contributed by atoms with Gasteiger partial charge in [-0.2, -0.15) is 18.3 Å². The molecule has 1 aromatic heterocycles. The molecule has 2 N–H and O–H groups in total. The Bertz CT molecular complexity index is 1490. The first-order valence-corrected chi connectivity index (χ1v) is 13.4. The van der Waals surface area contributed by atoms with Gasteiger partial charge in [0.15, 0.2) is 0 Å². The molecule has 1 amide bonds. The number of alkyl halides is 3. The number of carboxylic acid groups (broad SMARTS) is 1. The second kappa shape index (κ2) is 11.5. The Hall–Kier alpha value is -4.14. The van der Waals surface area contributed by atoms with Crippen LogP contribution in [0.25, 0.3) is 22.0 Å². The minimum Gasteiger partial charge on any atom is -0.481 e. The fourth-order valence-corrected chi connectivity index (χ4v) is 5.10. The molecule has 4 aromatic rings. The van der Waals surface area contributed by atoms with Crippen LogP contribution in [-0.2, 0) is 11.0 Å². The van der Waals surface area contributed by atoms with Crippen molar-refractivity contribution in [3.05, 3.63) is 89.6 Å². The first-order valence-electron chi connectivity index (χ1n) is 13.4. The summed E-state index contributed by atoms with van der Waals surface area (Å²) in [5, 5.41) is 17.1. The molecule has 40 heavy (non-hydrogen) atoms. The number of hydrogen-bond acceptors (Lipinski definition) is 3. The normalized spacial score (nSPS) is 14.6. The van der Waals surface area contributed by atoms with E-state index in [1.807, 2.05) is 41.2 Å². The van der Waals surface area contributed by atoms with Crippen LogP contribution in [-0.4, -0.2) is 33.3 Å². The van der Waals surface area contributed by atoms with E-state index >= 15 is 0 Å². The maximum atomic E-state index is 13.0. The predicted molar refractivity (Wildman–Crippen MR) is 146 cm³/mol. The molecule has 1 saturated carbocycles. The molecule has 0 radical (unpaired) electrons. The standard InChI is InChI=1S/C31H30F3N3O3/c32-31(33,34)26-12-9-21(10-13-26)24-11-14-27-25(18-24)19-37(36-27)28(15-4-20-2-1-3-20)22-5-7-23(8-6-22)30(40)35-17-16-29(38)39/h5-14,18-20,28H,1-4,15-17H2,(H,35,40)(H,38,39). The van der Waals surface area contributed by atoms with Crippen LogP contribution in [0.15, 0.2) is 72.9 Å². The molecule has 5 rings (SSSR count). The highest BCUT2D eigenvalue weighted by molar-refractivity contribution is 5.94. The third kappa shape index (κ3) is 6.35. The summed E-state index contributed by atoms with van der Waals surface area (Å²) in [5.74, 6) is -0.583. The zero-order valence-corrected chi connectivity index (χ0v) is 21.8. The largest absolute Gasteiger partial charge is 0.481 e. The van der Waals surface area contributed by atoms with Crippen LogP contribution < -0.4 is 5.32 Å². The summed E-state index contributed by atoms with van der Waals surface area (Å²) in [4.78, 5) is 23.1. The fraction of sp³-hybridized carbons (Fsp3) is 0.323. The Morgan fingerprint density at radius 2 is 1.70 bits per heavy atom. The SMILES string of the molecule is O=C(O)CCNC(=O)c1ccc(C(CCC2CCC2)n2cc3cc(-c4ccc(C(F)(F)F)cc4)ccc3n2)cc1. The molecule has 9 heteroatoms. The first-order chi connectivity index (χ1) is 19.2. The number of hydrogen-bond donors (Lipinski definition) is 2. The van der Waals surface area contributed by atoms with Gasteiger partial charge in [0, 0.05) is 23.7 Å². The van der Waals surface area contributed by atoms with Gasteiger partial charge in [-0.05, 0) is 71.8 Å². The van der Waals surface area contributed by atoms with Crippen molar-refractivity contribution in [1.29, 1.82) is 0 Å². The van der Waals surface area contributed by atoms with Gasteiger partial charge < -0.3 is 10.4 Å². The Labute approximate surface area is 229 Å². The van der Waals surface area contributed by atoms with E-state index in [9.17, 15) is 22.8 Å². The van der Waals surface area contributed by atoms with Gasteiger partial charge in [0.25, 0.3) is 5.91 Å². The van der Waals surface area contributed by atoms with Gasteiger partial charge in [0.2, 0.25) is 0 Å². The molecular weight excluding hydrogens is 519 g/mol. The van der Waals surface area contributed by atoms with Crippen LogP contribution in [0.4, 0.5) is 13.2 Å². The molecule has 1 unspecified atom stereocenters. The lowest BCUT2D eigenvalue weighted by Crippen LogP contribution is -2.26. The number of nitrogens with one attached hydrogen (secondary N) is 1. The Kier molecular flexibility index (Phi) is 7.91. The minimum atomic E-state index is -4.37.